The Morgan fingerprint density at radius 3 is 2.71 bits per heavy atom. The molecule has 1 saturated carbocycles. The van der Waals surface area contributed by atoms with Gasteiger partial charge in [0.1, 0.15) is 6.33 Å². The van der Waals surface area contributed by atoms with Crippen LogP contribution in [0.5, 0.6) is 0 Å². The molecule has 1 aliphatic carbocycles. The van der Waals surface area contributed by atoms with Crippen molar-refractivity contribution in [2.75, 3.05) is 12.4 Å². The van der Waals surface area contributed by atoms with Crippen LogP contribution >= 0.6 is 0 Å². The van der Waals surface area contributed by atoms with Crippen LogP contribution in [0, 0.1) is 0 Å². The Kier molecular flexibility index (Phi) is 4.20. The van der Waals surface area contributed by atoms with Crippen LogP contribution in [0.25, 0.3) is 11.4 Å². The summed E-state index contributed by atoms with van der Waals surface area (Å²) in [7, 11) is 3.77. The molecule has 1 fully saturated rings. The van der Waals surface area contributed by atoms with E-state index in [0.29, 0.717) is 12.1 Å². The van der Waals surface area contributed by atoms with E-state index in [4.69, 9.17) is 4.74 Å². The van der Waals surface area contributed by atoms with Crippen LogP contribution < -0.4 is 5.32 Å². The van der Waals surface area contributed by atoms with Gasteiger partial charge < -0.3 is 14.6 Å². The van der Waals surface area contributed by atoms with Gasteiger partial charge in [0.2, 0.25) is 0 Å². The molecule has 1 heterocycles. The molecule has 0 spiro atoms. The number of nitrogens with zero attached hydrogens (tertiary/aromatic N) is 3. The number of benzene rings is 1. The molecule has 5 nitrogen and oxygen atoms in total. The summed E-state index contributed by atoms with van der Waals surface area (Å²) in [5, 5.41) is 11.7. The average Bonchev–Trinajstić information content (AvgIpc) is 2.94. The van der Waals surface area contributed by atoms with E-state index < -0.39 is 0 Å². The average molecular weight is 286 g/mol. The SMILES string of the molecule is COC1CCC(Nc2cccc(-c3nncn3C)c2)CC1. The fourth-order valence-electron chi connectivity index (χ4n) is 2.97. The van der Waals surface area contributed by atoms with Gasteiger partial charge in [-0.1, -0.05) is 12.1 Å². The Morgan fingerprint density at radius 1 is 1.24 bits per heavy atom. The van der Waals surface area contributed by atoms with Gasteiger partial charge in [0.15, 0.2) is 5.82 Å². The van der Waals surface area contributed by atoms with Crippen molar-refractivity contribution >= 4 is 5.69 Å². The smallest absolute Gasteiger partial charge is 0.163 e. The first-order valence-electron chi connectivity index (χ1n) is 7.50. The molecule has 0 bridgehead atoms. The largest absolute Gasteiger partial charge is 0.382 e. The van der Waals surface area contributed by atoms with E-state index in [-0.39, 0.29) is 0 Å². The third-order valence-electron chi connectivity index (χ3n) is 4.21. The minimum absolute atomic E-state index is 0.438. The quantitative estimate of drug-likeness (QED) is 0.939. The minimum Gasteiger partial charge on any atom is -0.382 e. The molecule has 112 valence electrons. The Morgan fingerprint density at radius 2 is 2.05 bits per heavy atom. The monoisotopic (exact) mass is 286 g/mol. The van der Waals surface area contributed by atoms with Gasteiger partial charge in [0.25, 0.3) is 0 Å². The normalized spacial score (nSPS) is 22.2. The highest BCUT2D eigenvalue weighted by molar-refractivity contribution is 5.62. The molecule has 2 aromatic rings. The molecule has 0 amide bonds. The minimum atomic E-state index is 0.438. The van der Waals surface area contributed by atoms with Crippen LogP contribution in [0.2, 0.25) is 0 Å². The van der Waals surface area contributed by atoms with Gasteiger partial charge in [-0.05, 0) is 37.8 Å². The third kappa shape index (κ3) is 3.24. The molecule has 1 aromatic heterocycles. The van der Waals surface area contributed by atoms with E-state index in [9.17, 15) is 0 Å². The van der Waals surface area contributed by atoms with E-state index >= 15 is 0 Å². The Labute approximate surface area is 125 Å². The van der Waals surface area contributed by atoms with Crippen LogP contribution in [-0.4, -0.2) is 34.0 Å². The molecule has 1 aliphatic rings. The van der Waals surface area contributed by atoms with E-state index in [1.54, 1.807) is 6.33 Å². The standard InChI is InChI=1S/C16H22N4O/c1-20-11-17-19-16(20)12-4-3-5-14(10-12)18-13-6-8-15(21-2)9-7-13/h3-5,10-11,13,15,18H,6-9H2,1-2H3. The van der Waals surface area contributed by atoms with E-state index in [0.717, 1.165) is 42.8 Å². The molecule has 0 atom stereocenters. The number of methoxy groups -OCH3 is 1. The van der Waals surface area contributed by atoms with Crippen molar-refractivity contribution in [3.63, 3.8) is 0 Å². The first kappa shape index (κ1) is 14.1. The van der Waals surface area contributed by atoms with Gasteiger partial charge >= 0.3 is 0 Å². The highest BCUT2D eigenvalue weighted by Gasteiger charge is 2.20. The first-order valence-corrected chi connectivity index (χ1v) is 7.50. The third-order valence-corrected chi connectivity index (χ3v) is 4.21. The summed E-state index contributed by atoms with van der Waals surface area (Å²) >= 11 is 0. The van der Waals surface area contributed by atoms with Crippen LogP contribution in [0.3, 0.4) is 0 Å². The lowest BCUT2D eigenvalue weighted by atomic mass is 9.93. The van der Waals surface area contributed by atoms with Gasteiger partial charge in [-0.25, -0.2) is 0 Å². The van der Waals surface area contributed by atoms with Crippen molar-refractivity contribution in [3.8, 4) is 11.4 Å². The Balaban J connectivity index is 1.68. The summed E-state index contributed by atoms with van der Waals surface area (Å²) < 4.78 is 7.36. The number of anilines is 1. The summed E-state index contributed by atoms with van der Waals surface area (Å²) in [5.41, 5.74) is 2.24. The molecule has 0 radical (unpaired) electrons. The summed E-state index contributed by atoms with van der Waals surface area (Å²) in [6, 6.07) is 8.92. The predicted octanol–water partition coefficient (Wildman–Crippen LogP) is 2.85. The predicted molar refractivity (Wildman–Crippen MR) is 83.1 cm³/mol. The zero-order chi connectivity index (χ0) is 14.7. The van der Waals surface area contributed by atoms with E-state index in [2.05, 4.69) is 39.8 Å². The van der Waals surface area contributed by atoms with Crippen molar-refractivity contribution in [1.29, 1.82) is 0 Å². The molecular formula is C16H22N4O. The summed E-state index contributed by atoms with van der Waals surface area (Å²) in [4.78, 5) is 0. The maximum atomic E-state index is 5.43. The Hall–Kier alpha value is -1.88. The molecule has 0 saturated heterocycles. The molecular weight excluding hydrogens is 264 g/mol. The highest BCUT2D eigenvalue weighted by atomic mass is 16.5. The molecule has 5 heteroatoms. The number of ether oxygens (including phenoxy) is 1. The van der Waals surface area contributed by atoms with Crippen LogP contribution in [0.15, 0.2) is 30.6 Å². The van der Waals surface area contributed by atoms with Crippen LogP contribution in [0.1, 0.15) is 25.7 Å². The number of rotatable bonds is 4. The zero-order valence-corrected chi connectivity index (χ0v) is 12.6. The zero-order valence-electron chi connectivity index (χ0n) is 12.6. The number of aryl methyl sites for hydroxylation is 1. The summed E-state index contributed by atoms with van der Waals surface area (Å²) in [6.45, 7) is 0. The molecule has 0 unspecified atom stereocenters. The number of aromatic nitrogens is 3. The lowest BCUT2D eigenvalue weighted by molar-refractivity contribution is 0.0682. The number of hydrogen-bond donors (Lipinski definition) is 1. The number of nitrogens with one attached hydrogen (secondary N) is 1. The van der Waals surface area contributed by atoms with Crippen molar-refractivity contribution in [1.82, 2.24) is 14.8 Å². The lowest BCUT2D eigenvalue weighted by Crippen LogP contribution is -2.29. The highest BCUT2D eigenvalue weighted by Crippen LogP contribution is 2.26. The van der Waals surface area contributed by atoms with E-state index in [1.165, 1.54) is 0 Å². The fraction of sp³-hybridized carbons (Fsp3) is 0.500. The fourth-order valence-corrected chi connectivity index (χ4v) is 2.97. The second-order valence-corrected chi connectivity index (χ2v) is 5.70. The summed E-state index contributed by atoms with van der Waals surface area (Å²) in [6.07, 6.45) is 6.75. The van der Waals surface area contributed by atoms with Crippen LogP contribution in [-0.2, 0) is 11.8 Å². The van der Waals surface area contributed by atoms with Crippen molar-refractivity contribution in [2.45, 2.75) is 37.8 Å². The Bertz CT molecular complexity index is 587. The van der Waals surface area contributed by atoms with Crippen molar-refractivity contribution in [2.24, 2.45) is 7.05 Å². The topological polar surface area (TPSA) is 52.0 Å². The van der Waals surface area contributed by atoms with Gasteiger partial charge in [-0.15, -0.1) is 10.2 Å². The maximum Gasteiger partial charge on any atom is 0.163 e. The lowest BCUT2D eigenvalue weighted by Gasteiger charge is -2.29. The van der Waals surface area contributed by atoms with E-state index in [1.807, 2.05) is 18.7 Å². The second kappa shape index (κ2) is 6.26. The van der Waals surface area contributed by atoms with Crippen molar-refractivity contribution in [3.05, 3.63) is 30.6 Å². The molecule has 21 heavy (non-hydrogen) atoms. The van der Waals surface area contributed by atoms with Crippen LogP contribution in [0.4, 0.5) is 5.69 Å². The van der Waals surface area contributed by atoms with Gasteiger partial charge in [0, 0.05) is 31.5 Å². The second-order valence-electron chi connectivity index (χ2n) is 5.70. The first-order chi connectivity index (χ1) is 10.3. The van der Waals surface area contributed by atoms with Gasteiger partial charge in [-0.3, -0.25) is 0 Å². The number of hydrogen-bond acceptors (Lipinski definition) is 4. The summed E-state index contributed by atoms with van der Waals surface area (Å²) in [5.74, 6) is 0.891. The van der Waals surface area contributed by atoms with Gasteiger partial charge in [-0.2, -0.15) is 0 Å². The molecule has 1 aromatic carbocycles. The molecule has 0 aliphatic heterocycles. The van der Waals surface area contributed by atoms with Gasteiger partial charge in [0.05, 0.1) is 6.10 Å². The molecule has 3 rings (SSSR count). The molecule has 1 N–H and O–H groups in total. The van der Waals surface area contributed by atoms with Crippen molar-refractivity contribution < 1.29 is 4.74 Å². The maximum absolute atomic E-state index is 5.43.